The molecule has 0 saturated heterocycles. The van der Waals surface area contributed by atoms with Gasteiger partial charge in [-0.2, -0.15) is 5.26 Å². The molecule has 134 valence electrons. The van der Waals surface area contributed by atoms with Gasteiger partial charge >= 0.3 is 0 Å². The summed E-state index contributed by atoms with van der Waals surface area (Å²) < 4.78 is 11.2. The third-order valence-electron chi connectivity index (χ3n) is 4.45. The molecule has 3 aromatic rings. The van der Waals surface area contributed by atoms with Crippen LogP contribution in [0.1, 0.15) is 34.1 Å². The highest BCUT2D eigenvalue weighted by atomic mass is 16.5. The van der Waals surface area contributed by atoms with Crippen LogP contribution in [0.3, 0.4) is 0 Å². The minimum absolute atomic E-state index is 0.193. The summed E-state index contributed by atoms with van der Waals surface area (Å²) in [6.07, 6.45) is 1.11. The van der Waals surface area contributed by atoms with Crippen molar-refractivity contribution >= 4 is 5.91 Å². The number of hydrogen-bond donors (Lipinski definition) is 1. The van der Waals surface area contributed by atoms with Crippen LogP contribution < -0.4 is 10.1 Å². The molecule has 2 heterocycles. The molecule has 0 saturated carbocycles. The summed E-state index contributed by atoms with van der Waals surface area (Å²) in [5, 5.41) is 15.6. The average Bonchev–Trinajstić information content (AvgIpc) is 3.31. The number of hydrogen-bond acceptors (Lipinski definition) is 5. The summed E-state index contributed by atoms with van der Waals surface area (Å²) in [6.45, 7) is 2.30. The molecule has 2 aromatic carbocycles. The molecule has 1 aromatic heterocycles. The Morgan fingerprint density at radius 2 is 2.07 bits per heavy atom. The first-order valence-electron chi connectivity index (χ1n) is 8.66. The van der Waals surface area contributed by atoms with Gasteiger partial charge in [0, 0.05) is 23.6 Å². The molecule has 1 aliphatic heterocycles. The van der Waals surface area contributed by atoms with Gasteiger partial charge in [-0.05, 0) is 42.8 Å². The predicted octanol–water partition coefficient (Wildman–Crippen LogP) is 3.47. The van der Waals surface area contributed by atoms with E-state index in [0.717, 1.165) is 17.7 Å². The van der Waals surface area contributed by atoms with Gasteiger partial charge in [0.25, 0.3) is 5.91 Å². The third-order valence-corrected chi connectivity index (χ3v) is 4.45. The van der Waals surface area contributed by atoms with E-state index in [-0.39, 0.29) is 18.6 Å². The van der Waals surface area contributed by atoms with Crippen LogP contribution in [-0.2, 0) is 13.0 Å². The third kappa shape index (κ3) is 3.53. The maximum absolute atomic E-state index is 12.2. The molecule has 0 fully saturated rings. The lowest BCUT2D eigenvalue weighted by atomic mass is 10.1. The topological polar surface area (TPSA) is 88.2 Å². The maximum atomic E-state index is 12.2. The summed E-state index contributed by atoms with van der Waals surface area (Å²) in [5.74, 6) is 1.28. The van der Waals surface area contributed by atoms with Crippen molar-refractivity contribution in [2.24, 2.45) is 0 Å². The Balaban J connectivity index is 1.42. The van der Waals surface area contributed by atoms with Crippen molar-refractivity contribution in [3.8, 4) is 23.1 Å². The van der Waals surface area contributed by atoms with Gasteiger partial charge in [-0.3, -0.25) is 4.79 Å². The van der Waals surface area contributed by atoms with Gasteiger partial charge < -0.3 is 14.6 Å². The highest BCUT2D eigenvalue weighted by Gasteiger charge is 2.20. The van der Waals surface area contributed by atoms with Gasteiger partial charge in [0.15, 0.2) is 5.76 Å². The molecular weight excluding hydrogens is 342 g/mol. The molecule has 4 rings (SSSR count). The zero-order valence-corrected chi connectivity index (χ0v) is 14.7. The normalized spacial score (nSPS) is 14.9. The van der Waals surface area contributed by atoms with E-state index in [2.05, 4.69) is 10.5 Å². The predicted molar refractivity (Wildman–Crippen MR) is 98.1 cm³/mol. The smallest absolute Gasteiger partial charge is 0.251 e. The Kier molecular flexibility index (Phi) is 4.35. The van der Waals surface area contributed by atoms with E-state index in [1.54, 1.807) is 30.3 Å². The molecule has 0 spiro atoms. The first-order valence-corrected chi connectivity index (χ1v) is 8.66. The van der Waals surface area contributed by atoms with Gasteiger partial charge in [0.2, 0.25) is 0 Å². The highest BCUT2D eigenvalue weighted by molar-refractivity contribution is 5.94. The summed E-state index contributed by atoms with van der Waals surface area (Å²) in [7, 11) is 0. The number of fused-ring (bicyclic) bond motifs is 1. The number of nitrogens with one attached hydrogen (secondary N) is 1. The first-order chi connectivity index (χ1) is 13.1. The lowest BCUT2D eigenvalue weighted by molar-refractivity contribution is 0.0950. The van der Waals surface area contributed by atoms with Crippen molar-refractivity contribution in [2.75, 3.05) is 0 Å². The minimum Gasteiger partial charge on any atom is -0.490 e. The summed E-state index contributed by atoms with van der Waals surface area (Å²) >= 11 is 0. The fourth-order valence-electron chi connectivity index (χ4n) is 3.05. The number of aromatic nitrogens is 1. The Bertz CT molecular complexity index is 1030. The molecule has 1 N–H and O–H groups in total. The number of carbonyl (C=O) groups excluding carboxylic acids is 1. The quantitative estimate of drug-likeness (QED) is 0.771. The van der Waals surface area contributed by atoms with Crippen LogP contribution in [0.15, 0.2) is 53.1 Å². The van der Waals surface area contributed by atoms with Gasteiger partial charge in [-0.15, -0.1) is 0 Å². The highest BCUT2D eigenvalue weighted by Crippen LogP contribution is 2.33. The molecule has 27 heavy (non-hydrogen) atoms. The molecule has 1 atom stereocenters. The molecule has 1 unspecified atom stereocenters. The Labute approximate surface area is 156 Å². The van der Waals surface area contributed by atoms with Gasteiger partial charge in [0.05, 0.1) is 18.2 Å². The molecule has 0 aliphatic carbocycles. The Hall–Kier alpha value is -3.59. The minimum atomic E-state index is -0.232. The SMILES string of the molecule is CC1Cc2ccc(-c3cc(CNC(=O)c4ccc(C#N)cc4)no3)cc2O1. The van der Waals surface area contributed by atoms with E-state index in [1.165, 1.54) is 5.56 Å². The number of nitriles is 1. The number of benzene rings is 2. The van der Waals surface area contributed by atoms with Crippen LogP contribution in [0.5, 0.6) is 5.75 Å². The van der Waals surface area contributed by atoms with Crippen LogP contribution in [0.4, 0.5) is 0 Å². The van der Waals surface area contributed by atoms with Crippen LogP contribution >= 0.6 is 0 Å². The first kappa shape index (κ1) is 16.9. The number of rotatable bonds is 4. The van der Waals surface area contributed by atoms with Crippen LogP contribution in [0.2, 0.25) is 0 Å². The molecule has 0 radical (unpaired) electrons. The fraction of sp³-hybridized carbons (Fsp3) is 0.190. The van der Waals surface area contributed by atoms with E-state index in [9.17, 15) is 4.79 Å². The molecule has 0 bridgehead atoms. The second-order valence-corrected chi connectivity index (χ2v) is 6.51. The molecular formula is C21H17N3O3. The Morgan fingerprint density at radius 1 is 1.26 bits per heavy atom. The molecule has 1 amide bonds. The number of amides is 1. The summed E-state index contributed by atoms with van der Waals surface area (Å²) in [5.41, 5.74) is 3.71. The second-order valence-electron chi connectivity index (χ2n) is 6.51. The lowest BCUT2D eigenvalue weighted by Crippen LogP contribution is -2.22. The monoisotopic (exact) mass is 359 g/mol. The lowest BCUT2D eigenvalue weighted by Gasteiger charge is -2.03. The van der Waals surface area contributed by atoms with E-state index in [1.807, 2.05) is 31.2 Å². The summed E-state index contributed by atoms with van der Waals surface area (Å²) in [4.78, 5) is 12.2. The van der Waals surface area contributed by atoms with Crippen LogP contribution in [0.25, 0.3) is 11.3 Å². The standard InChI is InChI=1S/C21H17N3O3/c1-13-8-16-6-7-17(9-19(16)26-13)20-10-18(24-27-20)12-23-21(25)15-4-2-14(11-22)3-5-15/h2-7,9-10,13H,8,12H2,1H3,(H,23,25). The van der Waals surface area contributed by atoms with Crippen LogP contribution in [0, 0.1) is 11.3 Å². The van der Waals surface area contributed by atoms with Crippen molar-refractivity contribution < 1.29 is 14.1 Å². The van der Waals surface area contributed by atoms with E-state index in [0.29, 0.717) is 22.6 Å². The maximum Gasteiger partial charge on any atom is 0.251 e. The second kappa shape index (κ2) is 6.96. The van der Waals surface area contributed by atoms with E-state index in [4.69, 9.17) is 14.5 Å². The zero-order chi connectivity index (χ0) is 18.8. The van der Waals surface area contributed by atoms with Crippen molar-refractivity contribution in [3.05, 3.63) is 70.9 Å². The van der Waals surface area contributed by atoms with Gasteiger partial charge in [0.1, 0.15) is 17.5 Å². The van der Waals surface area contributed by atoms with E-state index < -0.39 is 0 Å². The van der Waals surface area contributed by atoms with Crippen LogP contribution in [-0.4, -0.2) is 17.2 Å². The molecule has 6 nitrogen and oxygen atoms in total. The van der Waals surface area contributed by atoms with Crippen molar-refractivity contribution in [2.45, 2.75) is 26.0 Å². The van der Waals surface area contributed by atoms with Crippen molar-refractivity contribution in [3.63, 3.8) is 0 Å². The van der Waals surface area contributed by atoms with Crippen molar-refractivity contribution in [1.29, 1.82) is 5.26 Å². The molecule has 6 heteroatoms. The van der Waals surface area contributed by atoms with Crippen molar-refractivity contribution in [1.82, 2.24) is 10.5 Å². The number of ether oxygens (including phenoxy) is 1. The largest absolute Gasteiger partial charge is 0.490 e. The zero-order valence-electron chi connectivity index (χ0n) is 14.7. The molecule has 1 aliphatic rings. The number of carbonyl (C=O) groups is 1. The van der Waals surface area contributed by atoms with E-state index >= 15 is 0 Å². The van der Waals surface area contributed by atoms with Gasteiger partial charge in [-0.25, -0.2) is 0 Å². The Morgan fingerprint density at radius 3 is 2.85 bits per heavy atom. The van der Waals surface area contributed by atoms with Gasteiger partial charge in [-0.1, -0.05) is 17.3 Å². The average molecular weight is 359 g/mol. The number of nitrogens with zero attached hydrogens (tertiary/aromatic N) is 2. The fourth-order valence-corrected chi connectivity index (χ4v) is 3.05. The summed E-state index contributed by atoms with van der Waals surface area (Å²) in [6, 6.07) is 16.3.